The molecule has 184 valence electrons. The molecule has 0 saturated carbocycles. The average Bonchev–Trinajstić information content (AvgIpc) is 2.79. The summed E-state index contributed by atoms with van der Waals surface area (Å²) in [5, 5.41) is 29.3. The van der Waals surface area contributed by atoms with Crippen LogP contribution in [0.5, 0.6) is 0 Å². The van der Waals surface area contributed by atoms with E-state index in [1.165, 1.54) is 0 Å². The van der Waals surface area contributed by atoms with E-state index in [2.05, 4.69) is 17.9 Å². The number of halogens is 1. The highest BCUT2D eigenvalue weighted by Crippen LogP contribution is 2.66. The van der Waals surface area contributed by atoms with Gasteiger partial charge in [0.15, 0.2) is 11.0 Å². The highest BCUT2D eigenvalue weighted by molar-refractivity contribution is 7.71. The quantitative estimate of drug-likeness (QED) is 0.131. The third-order valence-corrected chi connectivity index (χ3v) is 7.61. The molecule has 1 aromatic heterocycles. The van der Waals surface area contributed by atoms with Gasteiger partial charge in [0.1, 0.15) is 18.8 Å². The molecule has 0 aromatic carbocycles. The fraction of sp³-hybridized carbons (Fsp3) is 0.600. The minimum absolute atomic E-state index is 0.412. The van der Waals surface area contributed by atoms with Gasteiger partial charge in [-0.3, -0.25) is 18.9 Å². The lowest BCUT2D eigenvalue weighted by Gasteiger charge is -2.24. The summed E-state index contributed by atoms with van der Waals surface area (Å²) >= 11 is 4.79. The van der Waals surface area contributed by atoms with Crippen molar-refractivity contribution in [3.05, 3.63) is 26.9 Å². The van der Waals surface area contributed by atoms with Gasteiger partial charge in [0.05, 0.1) is 13.5 Å². The number of hydrogen-bond acceptors (Lipinski definition) is 12. The normalized spacial score (nSPS) is 32.8. The molecule has 0 radical (unpaired) electrons. The van der Waals surface area contributed by atoms with Gasteiger partial charge < -0.3 is 39.6 Å². The molecule has 8 N–H and O–H groups in total. The van der Waals surface area contributed by atoms with Crippen LogP contribution in [0.2, 0.25) is 0 Å². The van der Waals surface area contributed by atoms with E-state index >= 15 is 4.39 Å². The Bertz CT molecular complexity index is 1170. The lowest BCUT2D eigenvalue weighted by molar-refractivity contribution is -0.204. The molecule has 1 fully saturated rings. The van der Waals surface area contributed by atoms with Crippen LogP contribution < -0.4 is 5.56 Å². The number of nitrogens with zero attached hydrogens (tertiary/aromatic N) is 1. The van der Waals surface area contributed by atoms with Crippen LogP contribution in [0.4, 0.5) is 4.39 Å². The van der Waals surface area contributed by atoms with Gasteiger partial charge in [0.25, 0.3) is 11.4 Å². The van der Waals surface area contributed by atoms with E-state index in [1.807, 2.05) is 4.98 Å². The van der Waals surface area contributed by atoms with E-state index in [4.69, 9.17) is 33.4 Å². The van der Waals surface area contributed by atoms with Gasteiger partial charge in [0.2, 0.25) is 0 Å². The van der Waals surface area contributed by atoms with E-state index in [9.17, 15) is 33.6 Å². The first-order valence-corrected chi connectivity index (χ1v) is 12.7. The van der Waals surface area contributed by atoms with Gasteiger partial charge >= 0.3 is 23.5 Å². The number of rotatable bonds is 9. The summed E-state index contributed by atoms with van der Waals surface area (Å²) in [7, 11) is -17.5. The SMILES string of the molecule is [2H][C@@]1(n2cc(CO)c(=O)[nH]c2=S)O[C@](F)(COP(=O)(O)OP(=O)(O)OP(=O)(O)O)[C@@H](O)[C@H]1O. The maximum absolute atomic E-state index is 15.1. The first kappa shape index (κ1) is 25.9. The van der Waals surface area contributed by atoms with Crippen LogP contribution >= 0.6 is 35.7 Å². The number of aromatic amines is 1. The number of ether oxygens (including phenoxy) is 1. The predicted molar refractivity (Wildman–Crippen MR) is 97.6 cm³/mol. The fourth-order valence-electron chi connectivity index (χ4n) is 2.23. The second-order valence-corrected chi connectivity index (χ2v) is 10.7. The zero-order valence-electron chi connectivity index (χ0n) is 16.1. The van der Waals surface area contributed by atoms with Crippen LogP contribution in [0, 0.1) is 4.77 Å². The first-order valence-electron chi connectivity index (χ1n) is 8.25. The zero-order chi connectivity index (χ0) is 25.6. The lowest BCUT2D eigenvalue weighted by Crippen LogP contribution is -2.42. The summed E-state index contributed by atoms with van der Waals surface area (Å²) in [6.07, 6.45) is -7.54. The molecule has 6 atom stereocenters. The van der Waals surface area contributed by atoms with E-state index in [0.29, 0.717) is 10.8 Å². The standard InChI is InChI=1S/C10H16FN2O15P3S/c11-10(3-25-30(21,22)28-31(23,24)27-29(18,19)20)6(16)5(15)8(26-10)13-1-4(2-14)7(17)12-9(13)32/h1,5-6,8,14-16H,2-3H2,(H,21,22)(H,23,24)(H,12,17,32)(H2,18,19,20)/t5-,6+,8-,10-/m1/s1/i8D. The Morgan fingerprint density at radius 1 is 1.25 bits per heavy atom. The molecule has 1 aliphatic rings. The second-order valence-electron chi connectivity index (χ2n) is 5.92. The molecule has 1 aliphatic heterocycles. The van der Waals surface area contributed by atoms with Crippen LogP contribution in [-0.4, -0.2) is 69.1 Å². The van der Waals surface area contributed by atoms with Gasteiger partial charge in [-0.2, -0.15) is 8.62 Å². The molecule has 22 heteroatoms. The van der Waals surface area contributed by atoms with E-state index in [0.717, 1.165) is 0 Å². The number of alkyl halides is 1. The summed E-state index contributed by atoms with van der Waals surface area (Å²) in [6, 6.07) is 0. The monoisotopic (exact) mass is 549 g/mol. The van der Waals surface area contributed by atoms with Gasteiger partial charge in [-0.15, -0.1) is 0 Å². The van der Waals surface area contributed by atoms with E-state index in [1.54, 1.807) is 0 Å². The van der Waals surface area contributed by atoms with Crippen LogP contribution in [0.25, 0.3) is 0 Å². The minimum atomic E-state index is -5.93. The highest BCUT2D eigenvalue weighted by Gasteiger charge is 2.57. The van der Waals surface area contributed by atoms with Gasteiger partial charge in [-0.1, -0.05) is 0 Å². The minimum Gasteiger partial charge on any atom is -0.391 e. The molecule has 0 amide bonds. The summed E-state index contributed by atoms with van der Waals surface area (Å²) in [4.78, 5) is 49.0. The van der Waals surface area contributed by atoms with Crippen molar-refractivity contribution >= 4 is 35.7 Å². The second kappa shape index (κ2) is 9.50. The maximum atomic E-state index is 15.1. The molecule has 0 aliphatic carbocycles. The van der Waals surface area contributed by atoms with Gasteiger partial charge in [0, 0.05) is 6.20 Å². The predicted octanol–water partition coefficient (Wildman–Crippen LogP) is -1.34. The number of aliphatic hydroxyl groups is 3. The summed E-state index contributed by atoms with van der Waals surface area (Å²) in [6.45, 7) is -2.74. The Morgan fingerprint density at radius 2 is 1.84 bits per heavy atom. The third kappa shape index (κ3) is 6.66. The molecule has 0 spiro atoms. The smallest absolute Gasteiger partial charge is 0.391 e. The van der Waals surface area contributed by atoms with Crippen molar-refractivity contribution in [1.82, 2.24) is 9.55 Å². The lowest BCUT2D eigenvalue weighted by atomic mass is 10.1. The topological polar surface area (TPSA) is 268 Å². The third-order valence-electron chi connectivity index (χ3n) is 3.53. The number of phosphoric ester groups is 1. The summed E-state index contributed by atoms with van der Waals surface area (Å²) < 4.78 is 72.3. The first-order chi connectivity index (χ1) is 14.8. The average molecular weight is 549 g/mol. The number of aliphatic hydroxyl groups excluding tert-OH is 3. The van der Waals surface area contributed by atoms with Crippen molar-refractivity contribution in [3.8, 4) is 0 Å². The fourth-order valence-corrected chi connectivity index (χ4v) is 5.50. The molecule has 32 heavy (non-hydrogen) atoms. The van der Waals surface area contributed by atoms with E-state index < -0.39 is 76.8 Å². The van der Waals surface area contributed by atoms with Crippen molar-refractivity contribution in [1.29, 1.82) is 0 Å². The van der Waals surface area contributed by atoms with Crippen LogP contribution in [-0.2, 0) is 38.2 Å². The van der Waals surface area contributed by atoms with Gasteiger partial charge in [-0.25, -0.2) is 18.1 Å². The van der Waals surface area contributed by atoms with Crippen molar-refractivity contribution < 1.29 is 72.2 Å². The van der Waals surface area contributed by atoms with Crippen molar-refractivity contribution in [2.45, 2.75) is 30.9 Å². The van der Waals surface area contributed by atoms with E-state index in [-0.39, 0.29) is 0 Å². The number of phosphoric acid groups is 3. The molecule has 1 aromatic rings. The molecule has 17 nitrogen and oxygen atoms in total. The largest absolute Gasteiger partial charge is 0.490 e. The van der Waals surface area contributed by atoms with Crippen molar-refractivity contribution in [2.75, 3.05) is 6.61 Å². The van der Waals surface area contributed by atoms with Crippen molar-refractivity contribution in [2.24, 2.45) is 0 Å². The Kier molecular flexibility index (Phi) is 7.69. The Labute approximate surface area is 182 Å². The summed E-state index contributed by atoms with van der Waals surface area (Å²) in [5.74, 6) is -3.70. The number of aromatic nitrogens is 2. The Balaban J connectivity index is 2.29. The number of H-pyrrole nitrogens is 1. The zero-order valence-corrected chi connectivity index (χ0v) is 18.6. The number of nitrogens with one attached hydrogen (secondary N) is 1. The maximum Gasteiger partial charge on any atom is 0.490 e. The van der Waals surface area contributed by atoms with Crippen LogP contribution in [0.1, 0.15) is 13.1 Å². The summed E-state index contributed by atoms with van der Waals surface area (Å²) in [5.41, 5.74) is -1.31. The molecule has 2 heterocycles. The molecule has 0 bridgehead atoms. The van der Waals surface area contributed by atoms with Crippen molar-refractivity contribution in [3.63, 3.8) is 0 Å². The van der Waals surface area contributed by atoms with Crippen LogP contribution in [0.3, 0.4) is 0 Å². The Hall–Kier alpha value is -0.720. The molecular formula is C10H16FN2O15P3S. The molecule has 2 rings (SSSR count). The van der Waals surface area contributed by atoms with Gasteiger partial charge in [-0.05, 0) is 12.2 Å². The Morgan fingerprint density at radius 3 is 2.38 bits per heavy atom. The number of hydrogen-bond donors (Lipinski definition) is 8. The molecule has 2 unspecified atom stereocenters. The highest BCUT2D eigenvalue weighted by atomic mass is 32.1. The molecule has 1 saturated heterocycles. The van der Waals surface area contributed by atoms with Crippen LogP contribution in [0.15, 0.2) is 11.0 Å². The molecular weight excluding hydrogens is 532 g/mol.